The van der Waals surface area contributed by atoms with E-state index in [4.69, 9.17) is 26.2 Å². The number of ether oxygens (including phenoxy) is 2. The molecule has 0 bridgehead atoms. The van der Waals surface area contributed by atoms with Crippen molar-refractivity contribution >= 4 is 32.5 Å². The van der Waals surface area contributed by atoms with Gasteiger partial charge in [-0.3, -0.25) is 0 Å². The minimum Gasteiger partial charge on any atom is -0.486 e. The van der Waals surface area contributed by atoms with Gasteiger partial charge in [0.1, 0.15) is 22.5 Å². The van der Waals surface area contributed by atoms with Gasteiger partial charge in [0.25, 0.3) is 0 Å². The molecule has 1 atom stereocenters. The Labute approximate surface area is 127 Å². The monoisotopic (exact) mass is 330 g/mol. The van der Waals surface area contributed by atoms with Crippen molar-refractivity contribution in [3.8, 4) is 5.75 Å². The molecule has 2 aromatic rings. The normalized spacial score (nSPS) is 13.3. The van der Waals surface area contributed by atoms with Gasteiger partial charge in [0, 0.05) is 12.5 Å². The Morgan fingerprint density at radius 1 is 1.33 bits per heavy atom. The third-order valence-corrected chi connectivity index (χ3v) is 3.96. The van der Waals surface area contributed by atoms with Crippen molar-refractivity contribution in [2.45, 2.75) is 17.9 Å². The molecule has 0 fully saturated rings. The summed E-state index contributed by atoms with van der Waals surface area (Å²) in [5.41, 5.74) is 0.344. The number of hydrogen-bond donors (Lipinski definition) is 1. The molecule has 0 spiro atoms. The van der Waals surface area contributed by atoms with Crippen LogP contribution in [-0.2, 0) is 14.8 Å². The second-order valence-electron chi connectivity index (χ2n) is 4.52. The zero-order valence-corrected chi connectivity index (χ0v) is 13.1. The summed E-state index contributed by atoms with van der Waals surface area (Å²) in [5.74, 6) is 0.421. The van der Waals surface area contributed by atoms with Crippen LogP contribution in [0.25, 0.3) is 10.9 Å². The fourth-order valence-electron chi connectivity index (χ4n) is 1.97. The molecule has 1 aromatic heterocycles. The first-order chi connectivity index (χ1) is 9.82. The molecule has 0 aliphatic heterocycles. The zero-order chi connectivity index (χ0) is 15.6. The standard InChI is InChI=1S/C13H15ClN2O4S/c1-8(7-19-2)20-10-4-5-11(21(15,17)18)9-3-6-12(14)16-13(9)10/h3-6,8H,7H2,1-2H3,(H2,15,17,18). The van der Waals surface area contributed by atoms with Gasteiger partial charge in [0.05, 0.1) is 11.5 Å². The molecule has 0 aliphatic rings. The Morgan fingerprint density at radius 3 is 2.67 bits per heavy atom. The van der Waals surface area contributed by atoms with Crippen LogP contribution in [0.1, 0.15) is 6.92 Å². The average molecular weight is 331 g/mol. The fraction of sp³-hybridized carbons (Fsp3) is 0.308. The van der Waals surface area contributed by atoms with Gasteiger partial charge < -0.3 is 9.47 Å². The van der Waals surface area contributed by atoms with Crippen LogP contribution in [0, 0.1) is 0 Å². The van der Waals surface area contributed by atoms with Gasteiger partial charge in [-0.2, -0.15) is 0 Å². The highest BCUT2D eigenvalue weighted by Gasteiger charge is 2.17. The van der Waals surface area contributed by atoms with Gasteiger partial charge in [-0.25, -0.2) is 18.5 Å². The molecule has 0 saturated heterocycles. The maximum Gasteiger partial charge on any atom is 0.238 e. The van der Waals surface area contributed by atoms with E-state index in [0.29, 0.717) is 23.3 Å². The second kappa shape index (κ2) is 6.15. The van der Waals surface area contributed by atoms with E-state index in [9.17, 15) is 8.42 Å². The van der Waals surface area contributed by atoms with Gasteiger partial charge in [-0.15, -0.1) is 0 Å². The summed E-state index contributed by atoms with van der Waals surface area (Å²) in [7, 11) is -2.29. The van der Waals surface area contributed by atoms with Gasteiger partial charge in [-0.05, 0) is 31.2 Å². The smallest absolute Gasteiger partial charge is 0.238 e. The van der Waals surface area contributed by atoms with Gasteiger partial charge in [0.2, 0.25) is 10.0 Å². The number of benzene rings is 1. The molecule has 6 nitrogen and oxygen atoms in total. The molecule has 2 rings (SSSR count). The highest BCUT2D eigenvalue weighted by Crippen LogP contribution is 2.31. The molecular formula is C13H15ClN2O4S. The number of nitrogens with zero attached hydrogens (tertiary/aromatic N) is 1. The lowest BCUT2D eigenvalue weighted by atomic mass is 10.2. The van der Waals surface area contributed by atoms with E-state index in [2.05, 4.69) is 4.98 Å². The Hall–Kier alpha value is -1.41. The van der Waals surface area contributed by atoms with Crippen molar-refractivity contribution < 1.29 is 17.9 Å². The lowest BCUT2D eigenvalue weighted by molar-refractivity contribution is 0.0929. The quantitative estimate of drug-likeness (QED) is 0.846. The topological polar surface area (TPSA) is 91.5 Å². The lowest BCUT2D eigenvalue weighted by Crippen LogP contribution is -2.18. The van der Waals surface area contributed by atoms with Crippen LogP contribution in [0.3, 0.4) is 0 Å². The number of hydrogen-bond acceptors (Lipinski definition) is 5. The average Bonchev–Trinajstić information content (AvgIpc) is 2.38. The van der Waals surface area contributed by atoms with E-state index in [1.807, 2.05) is 6.92 Å². The SMILES string of the molecule is COCC(C)Oc1ccc(S(N)(=O)=O)c2ccc(Cl)nc12. The van der Waals surface area contributed by atoms with Crippen LogP contribution < -0.4 is 9.88 Å². The molecule has 0 amide bonds. The number of pyridine rings is 1. The highest BCUT2D eigenvalue weighted by molar-refractivity contribution is 7.89. The van der Waals surface area contributed by atoms with E-state index in [1.165, 1.54) is 18.2 Å². The fourth-order valence-corrected chi connectivity index (χ4v) is 2.85. The lowest BCUT2D eigenvalue weighted by Gasteiger charge is -2.16. The first-order valence-electron chi connectivity index (χ1n) is 6.10. The minimum atomic E-state index is -3.86. The summed E-state index contributed by atoms with van der Waals surface area (Å²) in [6.45, 7) is 2.21. The van der Waals surface area contributed by atoms with Crippen LogP contribution in [0.2, 0.25) is 5.15 Å². The third-order valence-electron chi connectivity index (χ3n) is 2.78. The Kier molecular flexibility index (Phi) is 4.67. The summed E-state index contributed by atoms with van der Waals surface area (Å²) in [6, 6.07) is 5.96. The van der Waals surface area contributed by atoms with E-state index in [-0.39, 0.29) is 16.2 Å². The van der Waals surface area contributed by atoms with Crippen LogP contribution in [0.15, 0.2) is 29.2 Å². The highest BCUT2D eigenvalue weighted by atomic mass is 35.5. The summed E-state index contributed by atoms with van der Waals surface area (Å²) in [6.07, 6.45) is -0.223. The number of aromatic nitrogens is 1. The number of nitrogens with two attached hydrogens (primary N) is 1. The third kappa shape index (κ3) is 3.62. The van der Waals surface area contributed by atoms with Crippen LogP contribution in [0.4, 0.5) is 0 Å². The molecule has 1 aromatic carbocycles. The predicted octanol–water partition coefficient (Wildman–Crippen LogP) is 1.95. The molecule has 1 unspecified atom stereocenters. The van der Waals surface area contributed by atoms with Gasteiger partial charge >= 0.3 is 0 Å². The molecule has 114 valence electrons. The van der Waals surface area contributed by atoms with Crippen LogP contribution in [0.5, 0.6) is 5.75 Å². The van der Waals surface area contributed by atoms with E-state index < -0.39 is 10.0 Å². The summed E-state index contributed by atoms with van der Waals surface area (Å²) in [5, 5.41) is 5.81. The largest absolute Gasteiger partial charge is 0.486 e. The van der Waals surface area contributed by atoms with Crippen molar-refractivity contribution in [1.29, 1.82) is 0 Å². The number of sulfonamides is 1. The van der Waals surface area contributed by atoms with Gasteiger partial charge in [-0.1, -0.05) is 11.6 Å². The summed E-state index contributed by atoms with van der Waals surface area (Å²) in [4.78, 5) is 4.12. The molecule has 8 heteroatoms. The maximum atomic E-state index is 11.6. The van der Waals surface area contributed by atoms with Crippen molar-refractivity contribution in [1.82, 2.24) is 4.98 Å². The number of methoxy groups -OCH3 is 1. The van der Waals surface area contributed by atoms with Crippen molar-refractivity contribution in [3.63, 3.8) is 0 Å². The Bertz CT molecular complexity index is 764. The number of primary sulfonamides is 1. The second-order valence-corrected chi connectivity index (χ2v) is 6.44. The minimum absolute atomic E-state index is 0.0200. The molecular weight excluding hydrogens is 316 g/mol. The zero-order valence-electron chi connectivity index (χ0n) is 11.5. The van der Waals surface area contributed by atoms with Gasteiger partial charge in [0.15, 0.2) is 0 Å². The van der Waals surface area contributed by atoms with E-state index in [1.54, 1.807) is 13.2 Å². The summed E-state index contributed by atoms with van der Waals surface area (Å²) < 4.78 is 34.0. The van der Waals surface area contributed by atoms with Crippen LogP contribution >= 0.6 is 11.6 Å². The molecule has 2 N–H and O–H groups in total. The summed E-state index contributed by atoms with van der Waals surface area (Å²) >= 11 is 5.88. The molecule has 21 heavy (non-hydrogen) atoms. The molecule has 0 radical (unpaired) electrons. The first-order valence-corrected chi connectivity index (χ1v) is 8.03. The first kappa shape index (κ1) is 16.0. The number of fused-ring (bicyclic) bond motifs is 1. The molecule has 0 aliphatic carbocycles. The van der Waals surface area contributed by atoms with Crippen molar-refractivity contribution in [3.05, 3.63) is 29.4 Å². The van der Waals surface area contributed by atoms with E-state index >= 15 is 0 Å². The predicted molar refractivity (Wildman–Crippen MR) is 80.1 cm³/mol. The molecule has 1 heterocycles. The van der Waals surface area contributed by atoms with Crippen molar-refractivity contribution in [2.24, 2.45) is 5.14 Å². The maximum absolute atomic E-state index is 11.6. The molecule has 0 saturated carbocycles. The Balaban J connectivity index is 2.61. The van der Waals surface area contributed by atoms with Crippen LogP contribution in [-0.4, -0.2) is 33.2 Å². The Morgan fingerprint density at radius 2 is 2.05 bits per heavy atom. The number of rotatable bonds is 5. The van der Waals surface area contributed by atoms with E-state index in [0.717, 1.165) is 0 Å². The number of halogens is 1. The van der Waals surface area contributed by atoms with Crippen molar-refractivity contribution in [2.75, 3.05) is 13.7 Å².